The van der Waals surface area contributed by atoms with E-state index in [4.69, 9.17) is 4.74 Å². The van der Waals surface area contributed by atoms with E-state index in [0.29, 0.717) is 12.8 Å². The smallest absolute Gasteiger partial charge is 0.416 e. The summed E-state index contributed by atoms with van der Waals surface area (Å²) in [7, 11) is 0. The molecule has 2 atom stereocenters. The fourth-order valence-electron chi connectivity index (χ4n) is 4.56. The predicted octanol–water partition coefficient (Wildman–Crippen LogP) is 5.77. The van der Waals surface area contributed by atoms with Crippen molar-refractivity contribution in [3.05, 3.63) is 48.0 Å². The Kier molecular flexibility index (Phi) is 7.91. The summed E-state index contributed by atoms with van der Waals surface area (Å²) >= 11 is 0. The number of ether oxygens (including phenoxy) is 1. The molecule has 0 aromatic heterocycles. The molecule has 1 saturated carbocycles. The van der Waals surface area contributed by atoms with Gasteiger partial charge in [0.15, 0.2) is 0 Å². The highest BCUT2D eigenvalue weighted by Gasteiger charge is 2.41. The molecular formula is C25H35NO3. The van der Waals surface area contributed by atoms with E-state index in [1.807, 2.05) is 30.3 Å². The maximum Gasteiger partial charge on any atom is 0.416 e. The van der Waals surface area contributed by atoms with Gasteiger partial charge in [0, 0.05) is 5.92 Å². The predicted molar refractivity (Wildman–Crippen MR) is 115 cm³/mol. The van der Waals surface area contributed by atoms with E-state index in [2.05, 4.69) is 26.0 Å². The lowest BCUT2D eigenvalue weighted by Gasteiger charge is -2.26. The first-order valence-electron chi connectivity index (χ1n) is 11.2. The maximum atomic E-state index is 13.3. The van der Waals surface area contributed by atoms with Gasteiger partial charge < -0.3 is 4.74 Å². The zero-order valence-electron chi connectivity index (χ0n) is 17.9. The van der Waals surface area contributed by atoms with Crippen molar-refractivity contribution in [2.24, 2.45) is 17.8 Å². The van der Waals surface area contributed by atoms with Crippen molar-refractivity contribution in [3.63, 3.8) is 0 Å². The molecule has 4 heteroatoms. The van der Waals surface area contributed by atoms with E-state index in [-0.39, 0.29) is 30.4 Å². The normalized spacial score (nSPS) is 21.7. The van der Waals surface area contributed by atoms with E-state index in [0.717, 1.165) is 17.9 Å². The van der Waals surface area contributed by atoms with Crippen LogP contribution < -0.4 is 0 Å². The van der Waals surface area contributed by atoms with Gasteiger partial charge >= 0.3 is 6.09 Å². The second-order valence-corrected chi connectivity index (χ2v) is 8.93. The number of rotatable bonds is 8. The van der Waals surface area contributed by atoms with Gasteiger partial charge in [-0.1, -0.05) is 88.4 Å². The summed E-state index contributed by atoms with van der Waals surface area (Å²) in [4.78, 5) is 27.0. The van der Waals surface area contributed by atoms with E-state index >= 15 is 0 Å². The molecule has 0 unspecified atom stereocenters. The summed E-state index contributed by atoms with van der Waals surface area (Å²) in [6, 6.07) is 9.76. The van der Waals surface area contributed by atoms with Crippen LogP contribution in [0.2, 0.25) is 0 Å². The van der Waals surface area contributed by atoms with Crippen molar-refractivity contribution < 1.29 is 14.3 Å². The van der Waals surface area contributed by atoms with Gasteiger partial charge in [-0.15, -0.1) is 0 Å². The molecule has 0 radical (unpaired) electrons. The van der Waals surface area contributed by atoms with Crippen LogP contribution in [0.1, 0.15) is 64.4 Å². The van der Waals surface area contributed by atoms with Crippen molar-refractivity contribution in [2.75, 3.05) is 6.61 Å². The molecule has 0 N–H and O–H groups in total. The van der Waals surface area contributed by atoms with Gasteiger partial charge in [-0.05, 0) is 36.7 Å². The van der Waals surface area contributed by atoms with Gasteiger partial charge in [-0.25, -0.2) is 9.69 Å². The Morgan fingerprint density at radius 3 is 2.55 bits per heavy atom. The Hall–Kier alpha value is -2.10. The molecule has 29 heavy (non-hydrogen) atoms. The highest BCUT2D eigenvalue weighted by atomic mass is 16.6. The van der Waals surface area contributed by atoms with Crippen LogP contribution in [0.15, 0.2) is 42.5 Å². The third-order valence-electron chi connectivity index (χ3n) is 6.39. The average Bonchev–Trinajstić information content (AvgIpc) is 3.08. The SMILES string of the molecule is CC(C)[C@H](CC=CCC1CCCCC1)C(=O)N1C(=O)OC[C@@H]1Cc1ccccc1. The van der Waals surface area contributed by atoms with Crippen LogP contribution in [-0.2, 0) is 16.0 Å². The molecule has 158 valence electrons. The molecule has 3 rings (SSSR count). The number of nitrogens with zero attached hydrogens (tertiary/aromatic N) is 1. The first-order valence-corrected chi connectivity index (χ1v) is 11.2. The van der Waals surface area contributed by atoms with Crippen LogP contribution in [0.25, 0.3) is 0 Å². The Morgan fingerprint density at radius 2 is 1.86 bits per heavy atom. The summed E-state index contributed by atoms with van der Waals surface area (Å²) < 4.78 is 5.25. The molecule has 1 heterocycles. The number of benzene rings is 1. The molecule has 0 bridgehead atoms. The van der Waals surface area contributed by atoms with Crippen molar-refractivity contribution in [2.45, 2.75) is 71.3 Å². The van der Waals surface area contributed by atoms with Gasteiger partial charge in [0.1, 0.15) is 6.61 Å². The third kappa shape index (κ3) is 5.94. The summed E-state index contributed by atoms with van der Waals surface area (Å²) in [5, 5.41) is 0. The van der Waals surface area contributed by atoms with Gasteiger partial charge in [0.2, 0.25) is 5.91 Å². The van der Waals surface area contributed by atoms with Crippen LogP contribution >= 0.6 is 0 Å². The number of hydrogen-bond donors (Lipinski definition) is 0. The summed E-state index contributed by atoms with van der Waals surface area (Å²) in [5.74, 6) is 0.692. The van der Waals surface area contributed by atoms with Crippen LogP contribution in [0.4, 0.5) is 4.79 Å². The zero-order valence-corrected chi connectivity index (χ0v) is 17.9. The standard InChI is InChI=1S/C25H35NO3/c1-19(2)23(16-10-9-13-20-11-5-3-6-12-20)24(27)26-22(18-29-25(26)28)17-21-14-7-4-8-15-21/h4,7-10,14-15,19-20,22-23H,3,5-6,11-13,16-18H2,1-2H3/t22-,23-/m0/s1. The van der Waals surface area contributed by atoms with Gasteiger partial charge in [-0.2, -0.15) is 0 Å². The molecule has 4 nitrogen and oxygen atoms in total. The highest BCUT2D eigenvalue weighted by molar-refractivity contribution is 5.95. The van der Waals surface area contributed by atoms with Gasteiger partial charge in [0.25, 0.3) is 0 Å². The van der Waals surface area contributed by atoms with Crippen LogP contribution in [0.5, 0.6) is 0 Å². The number of amides is 2. The number of allylic oxidation sites excluding steroid dienone is 2. The van der Waals surface area contributed by atoms with Gasteiger partial charge in [-0.3, -0.25) is 4.79 Å². The first kappa shape index (κ1) is 21.6. The lowest BCUT2D eigenvalue weighted by Crippen LogP contribution is -2.44. The molecule has 1 aromatic carbocycles. The summed E-state index contributed by atoms with van der Waals surface area (Å²) in [6.07, 6.45) is 13.1. The molecule has 1 aromatic rings. The second kappa shape index (κ2) is 10.6. The molecular weight excluding hydrogens is 362 g/mol. The number of hydrogen-bond acceptors (Lipinski definition) is 3. The molecule has 1 saturated heterocycles. The minimum atomic E-state index is -0.493. The van der Waals surface area contributed by atoms with Crippen molar-refractivity contribution in [1.82, 2.24) is 4.90 Å². The number of imide groups is 1. The zero-order chi connectivity index (χ0) is 20.6. The second-order valence-electron chi connectivity index (χ2n) is 8.93. The van der Waals surface area contributed by atoms with Crippen LogP contribution in [0.3, 0.4) is 0 Å². The van der Waals surface area contributed by atoms with Crippen LogP contribution in [0, 0.1) is 17.8 Å². The molecule has 2 aliphatic rings. The Labute approximate surface area is 175 Å². The van der Waals surface area contributed by atoms with E-state index in [1.165, 1.54) is 37.0 Å². The molecule has 2 amide bonds. The Balaban J connectivity index is 1.61. The topological polar surface area (TPSA) is 46.6 Å². The lowest BCUT2D eigenvalue weighted by molar-refractivity contribution is -0.134. The number of carbonyl (C=O) groups excluding carboxylic acids is 2. The monoisotopic (exact) mass is 397 g/mol. The minimum Gasteiger partial charge on any atom is -0.447 e. The van der Waals surface area contributed by atoms with Crippen LogP contribution in [-0.4, -0.2) is 29.5 Å². The quantitative estimate of drug-likeness (QED) is 0.524. The minimum absolute atomic E-state index is 0.0919. The highest BCUT2D eigenvalue weighted by Crippen LogP contribution is 2.28. The van der Waals surface area contributed by atoms with E-state index in [9.17, 15) is 9.59 Å². The van der Waals surface area contributed by atoms with E-state index in [1.54, 1.807) is 0 Å². The van der Waals surface area contributed by atoms with Crippen molar-refractivity contribution in [1.29, 1.82) is 0 Å². The Morgan fingerprint density at radius 1 is 1.14 bits per heavy atom. The van der Waals surface area contributed by atoms with E-state index < -0.39 is 6.09 Å². The van der Waals surface area contributed by atoms with Crippen molar-refractivity contribution >= 4 is 12.0 Å². The summed E-state index contributed by atoms with van der Waals surface area (Å²) in [5.41, 5.74) is 1.11. The number of cyclic esters (lactones) is 1. The molecule has 1 aliphatic heterocycles. The first-order chi connectivity index (χ1) is 14.1. The maximum absolute atomic E-state index is 13.3. The molecule has 0 spiro atoms. The largest absolute Gasteiger partial charge is 0.447 e. The lowest BCUT2D eigenvalue weighted by atomic mass is 9.86. The summed E-state index contributed by atoms with van der Waals surface area (Å²) in [6.45, 7) is 4.40. The molecule has 1 aliphatic carbocycles. The van der Waals surface area contributed by atoms with Crippen molar-refractivity contribution in [3.8, 4) is 0 Å². The van der Waals surface area contributed by atoms with Gasteiger partial charge in [0.05, 0.1) is 6.04 Å². The fraction of sp³-hybridized carbons (Fsp3) is 0.600. The number of carbonyl (C=O) groups is 2. The average molecular weight is 398 g/mol. The fourth-order valence-corrected chi connectivity index (χ4v) is 4.56. The molecule has 2 fully saturated rings. The third-order valence-corrected chi connectivity index (χ3v) is 6.39. The Bertz CT molecular complexity index is 691.